The van der Waals surface area contributed by atoms with Gasteiger partial charge in [-0.15, -0.1) is 11.8 Å². The molecule has 0 saturated heterocycles. The maximum Gasteiger partial charge on any atom is 0.309 e. The molecule has 1 unspecified atom stereocenters. The monoisotopic (exact) mass is 320 g/mol. The third-order valence-corrected chi connectivity index (χ3v) is 4.73. The Bertz CT molecular complexity index is 586. The second kappa shape index (κ2) is 8.11. The molecule has 0 saturated carbocycles. The predicted molar refractivity (Wildman–Crippen MR) is 87.6 cm³/mol. The van der Waals surface area contributed by atoms with E-state index in [0.717, 1.165) is 10.5 Å². The van der Waals surface area contributed by atoms with Crippen LogP contribution in [0, 0.1) is 5.92 Å². The quantitative estimate of drug-likeness (QED) is 0.564. The first-order valence-electron chi connectivity index (χ1n) is 6.74. The van der Waals surface area contributed by atoms with Crippen LogP contribution in [-0.4, -0.2) is 11.7 Å². The van der Waals surface area contributed by atoms with Gasteiger partial charge in [0.15, 0.2) is 0 Å². The Morgan fingerprint density at radius 1 is 1.14 bits per heavy atom. The van der Waals surface area contributed by atoms with Crippen LogP contribution in [-0.2, 0) is 16.1 Å². The number of thioether (sulfide) groups is 1. The fourth-order valence-electron chi connectivity index (χ4n) is 1.72. The molecule has 21 heavy (non-hydrogen) atoms. The number of esters is 1. The van der Waals surface area contributed by atoms with E-state index in [4.69, 9.17) is 16.3 Å². The summed E-state index contributed by atoms with van der Waals surface area (Å²) in [5.41, 5.74) is 0.997. The normalized spacial score (nSPS) is 11.9. The van der Waals surface area contributed by atoms with E-state index >= 15 is 0 Å². The van der Waals surface area contributed by atoms with Gasteiger partial charge in [0, 0.05) is 10.6 Å². The van der Waals surface area contributed by atoms with Crippen molar-refractivity contribution in [1.29, 1.82) is 0 Å². The zero-order valence-corrected chi connectivity index (χ0v) is 13.4. The molecule has 2 rings (SSSR count). The van der Waals surface area contributed by atoms with Crippen LogP contribution in [0.1, 0.15) is 12.5 Å². The molecule has 0 radical (unpaired) electrons. The predicted octanol–water partition coefficient (Wildman–Crippen LogP) is 4.81. The molecule has 0 bridgehead atoms. The van der Waals surface area contributed by atoms with Gasteiger partial charge in [-0.3, -0.25) is 4.79 Å². The lowest BCUT2D eigenvalue weighted by Crippen LogP contribution is -2.16. The van der Waals surface area contributed by atoms with Crippen molar-refractivity contribution in [2.45, 2.75) is 18.4 Å². The number of carbonyl (C=O) groups is 1. The number of rotatable bonds is 6. The van der Waals surface area contributed by atoms with Crippen LogP contribution >= 0.6 is 23.4 Å². The number of ether oxygens (including phenoxy) is 1. The van der Waals surface area contributed by atoms with Gasteiger partial charge in [-0.05, 0) is 17.7 Å². The highest BCUT2D eigenvalue weighted by molar-refractivity contribution is 7.99. The Kier molecular flexibility index (Phi) is 6.15. The second-order valence-electron chi connectivity index (χ2n) is 4.74. The number of halogens is 1. The van der Waals surface area contributed by atoms with Gasteiger partial charge >= 0.3 is 5.97 Å². The van der Waals surface area contributed by atoms with Gasteiger partial charge < -0.3 is 4.74 Å². The van der Waals surface area contributed by atoms with Crippen LogP contribution in [0.5, 0.6) is 0 Å². The summed E-state index contributed by atoms with van der Waals surface area (Å²) in [4.78, 5) is 12.9. The summed E-state index contributed by atoms with van der Waals surface area (Å²) in [6, 6.07) is 17.3. The SMILES string of the molecule is CC(CSc1ccccc1Cl)C(=O)OCc1ccccc1. The van der Waals surface area contributed by atoms with E-state index in [-0.39, 0.29) is 11.9 Å². The van der Waals surface area contributed by atoms with Crippen LogP contribution < -0.4 is 0 Å². The average Bonchev–Trinajstić information content (AvgIpc) is 2.52. The second-order valence-corrected chi connectivity index (χ2v) is 6.20. The molecule has 0 aromatic heterocycles. The van der Waals surface area contributed by atoms with Gasteiger partial charge in [0.1, 0.15) is 6.61 Å². The fourth-order valence-corrected chi connectivity index (χ4v) is 2.96. The summed E-state index contributed by atoms with van der Waals surface area (Å²) in [6.45, 7) is 2.19. The lowest BCUT2D eigenvalue weighted by molar-refractivity contribution is -0.148. The molecule has 110 valence electrons. The molecule has 0 spiro atoms. The molecule has 0 amide bonds. The highest BCUT2D eigenvalue weighted by Gasteiger charge is 2.15. The van der Waals surface area contributed by atoms with Crippen molar-refractivity contribution in [2.24, 2.45) is 5.92 Å². The minimum absolute atomic E-state index is 0.171. The van der Waals surface area contributed by atoms with Gasteiger partial charge in [-0.25, -0.2) is 0 Å². The summed E-state index contributed by atoms with van der Waals surface area (Å²) in [5.74, 6) is 0.297. The molecule has 0 fully saturated rings. The molecule has 1 atom stereocenters. The third-order valence-electron chi connectivity index (χ3n) is 2.95. The van der Waals surface area contributed by atoms with Crippen molar-refractivity contribution in [1.82, 2.24) is 0 Å². The highest BCUT2D eigenvalue weighted by atomic mass is 35.5. The van der Waals surface area contributed by atoms with E-state index in [0.29, 0.717) is 17.4 Å². The summed E-state index contributed by atoms with van der Waals surface area (Å²) >= 11 is 7.66. The summed E-state index contributed by atoms with van der Waals surface area (Å²) in [5, 5.41) is 0.715. The standard InChI is InChI=1S/C17H17ClO2S/c1-13(12-21-16-10-6-5-9-15(16)18)17(19)20-11-14-7-3-2-4-8-14/h2-10,13H,11-12H2,1H3. The molecule has 2 aromatic carbocycles. The fraction of sp³-hybridized carbons (Fsp3) is 0.235. The molecule has 2 aromatic rings. The Hall–Kier alpha value is -1.45. The van der Waals surface area contributed by atoms with Crippen LogP contribution in [0.2, 0.25) is 5.02 Å². The first-order chi connectivity index (χ1) is 10.2. The molecule has 0 aliphatic carbocycles. The smallest absolute Gasteiger partial charge is 0.309 e. The van der Waals surface area contributed by atoms with Gasteiger partial charge in [0.05, 0.1) is 10.9 Å². The average molecular weight is 321 g/mol. The van der Waals surface area contributed by atoms with E-state index in [9.17, 15) is 4.79 Å². The molecule has 4 heteroatoms. The Morgan fingerprint density at radius 3 is 2.52 bits per heavy atom. The van der Waals surface area contributed by atoms with Gasteiger partial charge in [0.25, 0.3) is 0 Å². The van der Waals surface area contributed by atoms with E-state index in [1.807, 2.05) is 61.5 Å². The van der Waals surface area contributed by atoms with E-state index < -0.39 is 0 Å². The minimum Gasteiger partial charge on any atom is -0.461 e. The maximum atomic E-state index is 12.0. The van der Waals surface area contributed by atoms with Gasteiger partial charge in [-0.2, -0.15) is 0 Å². The summed E-state index contributed by atoms with van der Waals surface area (Å²) in [6.07, 6.45) is 0. The van der Waals surface area contributed by atoms with Crippen LogP contribution in [0.25, 0.3) is 0 Å². The lowest BCUT2D eigenvalue weighted by atomic mass is 10.2. The molecule has 0 aliphatic rings. The number of benzene rings is 2. The molecule has 0 N–H and O–H groups in total. The summed E-state index contributed by atoms with van der Waals surface area (Å²) < 4.78 is 5.32. The number of hydrogen-bond donors (Lipinski definition) is 0. The first-order valence-corrected chi connectivity index (χ1v) is 8.11. The largest absolute Gasteiger partial charge is 0.461 e. The Balaban J connectivity index is 1.79. The van der Waals surface area contributed by atoms with Crippen molar-refractivity contribution in [3.63, 3.8) is 0 Å². The van der Waals surface area contributed by atoms with Crippen LogP contribution in [0.4, 0.5) is 0 Å². The lowest BCUT2D eigenvalue weighted by Gasteiger charge is -2.11. The third kappa shape index (κ3) is 5.10. The van der Waals surface area contributed by atoms with Gasteiger partial charge in [0.2, 0.25) is 0 Å². The first kappa shape index (κ1) is 15.9. The van der Waals surface area contributed by atoms with Crippen LogP contribution in [0.15, 0.2) is 59.5 Å². The molecule has 2 nitrogen and oxygen atoms in total. The Labute approximate surface area is 134 Å². The van der Waals surface area contributed by atoms with Crippen molar-refractivity contribution >= 4 is 29.3 Å². The van der Waals surface area contributed by atoms with Crippen molar-refractivity contribution in [3.05, 3.63) is 65.2 Å². The molecule has 0 heterocycles. The van der Waals surface area contributed by atoms with E-state index in [1.54, 1.807) is 11.8 Å². The molecular formula is C17H17ClO2S. The Morgan fingerprint density at radius 2 is 1.81 bits per heavy atom. The van der Waals surface area contributed by atoms with E-state index in [2.05, 4.69) is 0 Å². The zero-order valence-electron chi connectivity index (χ0n) is 11.8. The zero-order chi connectivity index (χ0) is 15.1. The number of hydrogen-bond acceptors (Lipinski definition) is 3. The molecule has 0 aliphatic heterocycles. The highest BCUT2D eigenvalue weighted by Crippen LogP contribution is 2.28. The minimum atomic E-state index is -0.182. The van der Waals surface area contributed by atoms with Crippen molar-refractivity contribution in [2.75, 3.05) is 5.75 Å². The van der Waals surface area contributed by atoms with Crippen molar-refractivity contribution in [3.8, 4) is 0 Å². The summed E-state index contributed by atoms with van der Waals surface area (Å²) in [7, 11) is 0. The maximum absolute atomic E-state index is 12.0. The topological polar surface area (TPSA) is 26.3 Å². The van der Waals surface area contributed by atoms with Gasteiger partial charge in [-0.1, -0.05) is 61.0 Å². The number of carbonyl (C=O) groups excluding carboxylic acids is 1. The van der Waals surface area contributed by atoms with Crippen molar-refractivity contribution < 1.29 is 9.53 Å². The van der Waals surface area contributed by atoms with E-state index in [1.165, 1.54) is 0 Å². The molecular weight excluding hydrogens is 304 g/mol. The van der Waals surface area contributed by atoms with Crippen LogP contribution in [0.3, 0.4) is 0 Å².